The van der Waals surface area contributed by atoms with Crippen molar-refractivity contribution in [3.8, 4) is 5.75 Å². The molecule has 0 heterocycles. The fourth-order valence-corrected chi connectivity index (χ4v) is 3.55. The molecule has 2 aromatic carbocycles. The number of rotatable bonds is 8. The first-order chi connectivity index (χ1) is 12.0. The summed E-state index contributed by atoms with van der Waals surface area (Å²) >= 11 is 1.66. The van der Waals surface area contributed by atoms with Gasteiger partial charge in [0.2, 0.25) is 5.91 Å². The summed E-state index contributed by atoms with van der Waals surface area (Å²) in [5.41, 5.74) is 3.44. The van der Waals surface area contributed by atoms with Crippen LogP contribution in [-0.4, -0.2) is 18.3 Å². The Bertz CT molecular complexity index is 688. The van der Waals surface area contributed by atoms with Crippen molar-refractivity contribution in [1.82, 2.24) is 5.32 Å². The number of hydrogen-bond acceptors (Lipinski definition) is 3. The first-order valence-corrected chi connectivity index (χ1v) is 9.70. The van der Waals surface area contributed by atoms with Crippen LogP contribution in [0.5, 0.6) is 5.75 Å². The molecule has 0 bridgehead atoms. The Morgan fingerprint density at radius 1 is 1.20 bits per heavy atom. The normalized spacial score (nSPS) is 13.1. The van der Waals surface area contributed by atoms with Crippen LogP contribution in [0.15, 0.2) is 48.5 Å². The molecule has 0 aliphatic heterocycles. The number of thioether (sulfide) groups is 1. The molecule has 4 heteroatoms. The molecule has 2 atom stereocenters. The summed E-state index contributed by atoms with van der Waals surface area (Å²) < 4.78 is 5.32. The largest absolute Gasteiger partial charge is 0.496 e. The molecule has 1 N–H and O–H groups in total. The molecule has 25 heavy (non-hydrogen) atoms. The maximum atomic E-state index is 12.6. The van der Waals surface area contributed by atoms with Crippen LogP contribution in [0.4, 0.5) is 0 Å². The van der Waals surface area contributed by atoms with Crippen LogP contribution in [-0.2, 0) is 10.5 Å². The van der Waals surface area contributed by atoms with E-state index in [0.29, 0.717) is 0 Å². The Hall–Kier alpha value is -1.94. The summed E-state index contributed by atoms with van der Waals surface area (Å²) in [6.07, 6.45) is 0.855. The van der Waals surface area contributed by atoms with Gasteiger partial charge in [0, 0.05) is 5.75 Å². The molecule has 3 nitrogen and oxygen atoms in total. The molecule has 0 fully saturated rings. The van der Waals surface area contributed by atoms with E-state index in [9.17, 15) is 4.79 Å². The van der Waals surface area contributed by atoms with Gasteiger partial charge in [0.05, 0.1) is 18.4 Å². The van der Waals surface area contributed by atoms with Crippen molar-refractivity contribution in [2.75, 3.05) is 7.11 Å². The predicted octanol–water partition coefficient (Wildman–Crippen LogP) is 4.89. The summed E-state index contributed by atoms with van der Waals surface area (Å²) in [5.74, 6) is 1.80. The minimum Gasteiger partial charge on any atom is -0.496 e. The number of aryl methyl sites for hydroxylation is 1. The van der Waals surface area contributed by atoms with Crippen LogP contribution < -0.4 is 10.1 Å². The Morgan fingerprint density at radius 2 is 1.92 bits per heavy atom. The predicted molar refractivity (Wildman–Crippen MR) is 106 cm³/mol. The molecule has 0 aliphatic rings. The third kappa shape index (κ3) is 5.53. The van der Waals surface area contributed by atoms with E-state index >= 15 is 0 Å². The van der Waals surface area contributed by atoms with E-state index in [2.05, 4.69) is 30.4 Å². The highest BCUT2D eigenvalue weighted by Gasteiger charge is 2.19. The van der Waals surface area contributed by atoms with E-state index in [1.165, 1.54) is 5.56 Å². The van der Waals surface area contributed by atoms with Crippen LogP contribution in [0.25, 0.3) is 0 Å². The summed E-state index contributed by atoms with van der Waals surface area (Å²) in [4.78, 5) is 12.6. The van der Waals surface area contributed by atoms with E-state index in [1.54, 1.807) is 18.9 Å². The average molecular weight is 358 g/mol. The van der Waals surface area contributed by atoms with Gasteiger partial charge in [-0.2, -0.15) is 0 Å². The molecule has 1 amide bonds. The highest BCUT2D eigenvalue weighted by atomic mass is 32.2. The average Bonchev–Trinajstić information content (AvgIpc) is 2.64. The third-order valence-corrected chi connectivity index (χ3v) is 5.47. The third-order valence-electron chi connectivity index (χ3n) is 4.26. The van der Waals surface area contributed by atoms with E-state index < -0.39 is 0 Å². The van der Waals surface area contributed by atoms with Gasteiger partial charge in [0.25, 0.3) is 0 Å². The van der Waals surface area contributed by atoms with Crippen molar-refractivity contribution in [1.29, 1.82) is 0 Å². The molecule has 0 saturated heterocycles. The molecule has 0 aliphatic carbocycles. The summed E-state index contributed by atoms with van der Waals surface area (Å²) in [7, 11) is 1.67. The van der Waals surface area contributed by atoms with E-state index in [0.717, 1.165) is 29.1 Å². The SMILES string of the molecule is CC[C@H](NC(=O)[C@H](C)SCc1ccccc1)c1ccc(OC)c(C)c1. The summed E-state index contributed by atoms with van der Waals surface area (Å²) in [6, 6.07) is 16.4. The minimum absolute atomic E-state index is 0.0249. The van der Waals surface area contributed by atoms with Crippen LogP contribution in [0.3, 0.4) is 0 Å². The number of carbonyl (C=O) groups is 1. The molecule has 0 spiro atoms. The van der Waals surface area contributed by atoms with Gasteiger partial charge in [0.15, 0.2) is 0 Å². The minimum atomic E-state index is -0.0893. The second-order valence-electron chi connectivity index (χ2n) is 6.14. The molecular formula is C21H27NO2S. The van der Waals surface area contributed by atoms with Crippen LogP contribution in [0.2, 0.25) is 0 Å². The summed E-state index contributed by atoms with van der Waals surface area (Å²) in [6.45, 7) is 6.08. The zero-order valence-corrected chi connectivity index (χ0v) is 16.2. The van der Waals surface area contributed by atoms with Crippen molar-refractivity contribution in [3.63, 3.8) is 0 Å². The number of ether oxygens (including phenoxy) is 1. The molecule has 134 valence electrons. The Labute approximate surface area is 155 Å². The van der Waals surface area contributed by atoms with Gasteiger partial charge in [0.1, 0.15) is 5.75 Å². The van der Waals surface area contributed by atoms with Gasteiger partial charge >= 0.3 is 0 Å². The van der Waals surface area contributed by atoms with Crippen molar-refractivity contribution >= 4 is 17.7 Å². The van der Waals surface area contributed by atoms with Gasteiger partial charge < -0.3 is 10.1 Å². The van der Waals surface area contributed by atoms with Gasteiger partial charge in [-0.1, -0.05) is 49.4 Å². The summed E-state index contributed by atoms with van der Waals surface area (Å²) in [5, 5.41) is 3.09. The highest BCUT2D eigenvalue weighted by Crippen LogP contribution is 2.25. The highest BCUT2D eigenvalue weighted by molar-refractivity contribution is 7.99. The van der Waals surface area contributed by atoms with Gasteiger partial charge in [-0.3, -0.25) is 4.79 Å². The lowest BCUT2D eigenvalue weighted by atomic mass is 10.0. The lowest BCUT2D eigenvalue weighted by Gasteiger charge is -2.21. The first-order valence-electron chi connectivity index (χ1n) is 8.65. The fourth-order valence-electron chi connectivity index (χ4n) is 2.70. The monoisotopic (exact) mass is 357 g/mol. The second-order valence-corrected chi connectivity index (χ2v) is 7.47. The molecule has 2 rings (SSSR count). The molecule has 0 unspecified atom stereocenters. The first kappa shape index (κ1) is 19.4. The molecule has 0 aromatic heterocycles. The number of methoxy groups -OCH3 is 1. The van der Waals surface area contributed by atoms with E-state index in [4.69, 9.17) is 4.74 Å². The Kier molecular flexibility index (Phi) is 7.38. The van der Waals surface area contributed by atoms with E-state index in [-0.39, 0.29) is 17.2 Å². The topological polar surface area (TPSA) is 38.3 Å². The van der Waals surface area contributed by atoms with Crippen molar-refractivity contribution in [2.24, 2.45) is 0 Å². The van der Waals surface area contributed by atoms with E-state index in [1.807, 2.05) is 44.2 Å². The van der Waals surface area contributed by atoms with Crippen LogP contribution >= 0.6 is 11.8 Å². The lowest BCUT2D eigenvalue weighted by molar-refractivity contribution is -0.121. The Morgan fingerprint density at radius 3 is 2.52 bits per heavy atom. The van der Waals surface area contributed by atoms with Crippen molar-refractivity contribution in [2.45, 2.75) is 44.2 Å². The van der Waals surface area contributed by atoms with Gasteiger partial charge in [-0.05, 0) is 43.0 Å². The fraction of sp³-hybridized carbons (Fsp3) is 0.381. The lowest BCUT2D eigenvalue weighted by Crippen LogP contribution is -2.34. The molecule has 0 radical (unpaired) electrons. The number of amides is 1. The smallest absolute Gasteiger partial charge is 0.233 e. The molecule has 0 saturated carbocycles. The zero-order valence-electron chi connectivity index (χ0n) is 15.4. The van der Waals surface area contributed by atoms with Gasteiger partial charge in [-0.25, -0.2) is 0 Å². The standard InChI is InChI=1S/C21H27NO2S/c1-5-19(18-11-12-20(24-4)15(2)13-18)22-21(23)16(3)25-14-17-9-7-6-8-10-17/h6-13,16,19H,5,14H2,1-4H3,(H,22,23)/t16-,19-/m0/s1. The maximum Gasteiger partial charge on any atom is 0.233 e. The van der Waals surface area contributed by atoms with Crippen molar-refractivity contribution in [3.05, 3.63) is 65.2 Å². The number of benzene rings is 2. The Balaban J connectivity index is 1.95. The number of hydrogen-bond donors (Lipinski definition) is 1. The van der Waals surface area contributed by atoms with Gasteiger partial charge in [-0.15, -0.1) is 11.8 Å². The van der Waals surface area contributed by atoms with Crippen molar-refractivity contribution < 1.29 is 9.53 Å². The number of nitrogens with one attached hydrogen (secondary N) is 1. The maximum absolute atomic E-state index is 12.6. The quantitative estimate of drug-likeness (QED) is 0.731. The zero-order chi connectivity index (χ0) is 18.2. The van der Waals surface area contributed by atoms with Crippen LogP contribution in [0.1, 0.15) is 43.0 Å². The molecule has 2 aromatic rings. The second kappa shape index (κ2) is 9.52. The van der Waals surface area contributed by atoms with Crippen LogP contribution in [0, 0.1) is 6.92 Å². The molecular weight excluding hydrogens is 330 g/mol. The number of carbonyl (C=O) groups excluding carboxylic acids is 1.